The molecular weight excluding hydrogens is 416 g/mol. The molecule has 1 aliphatic heterocycles. The normalized spacial score (nSPS) is 14.8. The van der Waals surface area contributed by atoms with Crippen molar-refractivity contribution in [3.63, 3.8) is 0 Å². The molecule has 1 aromatic heterocycles. The SMILES string of the molecule is CCSc1nnc2c(n1)O[C@@H](c1ccc(C(=O)O)cc1)N(C(=O)CC)c1ccccc1-2. The van der Waals surface area contributed by atoms with Crippen LogP contribution in [-0.2, 0) is 4.79 Å². The Morgan fingerprint density at radius 2 is 1.84 bits per heavy atom. The van der Waals surface area contributed by atoms with E-state index in [0.29, 0.717) is 27.7 Å². The first-order chi connectivity index (χ1) is 15.0. The number of thioether (sulfide) groups is 1. The Morgan fingerprint density at radius 3 is 2.52 bits per heavy atom. The molecule has 0 aliphatic carbocycles. The molecular formula is C22H20N4O4S. The number of carbonyl (C=O) groups is 2. The van der Waals surface area contributed by atoms with E-state index in [0.717, 1.165) is 5.75 Å². The van der Waals surface area contributed by atoms with Gasteiger partial charge >= 0.3 is 5.97 Å². The number of hydrogen-bond donors (Lipinski definition) is 1. The molecule has 0 unspecified atom stereocenters. The Morgan fingerprint density at radius 1 is 1.10 bits per heavy atom. The Bertz CT molecular complexity index is 1140. The third-order valence-electron chi connectivity index (χ3n) is 4.80. The second-order valence-electron chi connectivity index (χ2n) is 6.71. The lowest BCUT2D eigenvalue weighted by atomic mass is 10.1. The number of hydrogen-bond acceptors (Lipinski definition) is 7. The van der Waals surface area contributed by atoms with E-state index in [9.17, 15) is 14.7 Å². The lowest BCUT2D eigenvalue weighted by Crippen LogP contribution is -2.37. The molecule has 158 valence electrons. The van der Waals surface area contributed by atoms with Gasteiger partial charge in [0, 0.05) is 17.5 Å². The number of fused-ring (bicyclic) bond motifs is 3. The van der Waals surface area contributed by atoms with Gasteiger partial charge in [0.05, 0.1) is 11.3 Å². The number of carboxylic acids is 1. The van der Waals surface area contributed by atoms with Gasteiger partial charge in [0.1, 0.15) is 0 Å². The average molecular weight is 436 g/mol. The molecule has 31 heavy (non-hydrogen) atoms. The number of benzene rings is 2. The maximum Gasteiger partial charge on any atom is 0.335 e. The first-order valence-electron chi connectivity index (χ1n) is 9.82. The van der Waals surface area contributed by atoms with Crippen molar-refractivity contribution in [2.75, 3.05) is 10.7 Å². The molecule has 3 aromatic rings. The summed E-state index contributed by atoms with van der Waals surface area (Å²) in [6.07, 6.45) is -0.581. The molecule has 1 aliphatic rings. The lowest BCUT2D eigenvalue weighted by molar-refractivity contribution is -0.120. The summed E-state index contributed by atoms with van der Waals surface area (Å²) in [5.41, 5.74) is 2.55. The molecule has 0 bridgehead atoms. The number of rotatable bonds is 5. The summed E-state index contributed by atoms with van der Waals surface area (Å²) in [5, 5.41) is 18.3. The summed E-state index contributed by atoms with van der Waals surface area (Å²) in [5.74, 6) is -0.123. The van der Waals surface area contributed by atoms with Gasteiger partial charge in [0.2, 0.25) is 23.2 Å². The molecule has 0 saturated heterocycles. The van der Waals surface area contributed by atoms with Gasteiger partial charge < -0.3 is 9.84 Å². The quantitative estimate of drug-likeness (QED) is 0.594. The Balaban J connectivity index is 1.91. The lowest BCUT2D eigenvalue weighted by Gasteiger charge is -2.30. The summed E-state index contributed by atoms with van der Waals surface area (Å²) in [4.78, 5) is 30.4. The van der Waals surface area contributed by atoms with Gasteiger partial charge in [-0.2, -0.15) is 4.98 Å². The zero-order chi connectivity index (χ0) is 22.0. The van der Waals surface area contributed by atoms with Crippen molar-refractivity contribution in [1.29, 1.82) is 0 Å². The summed E-state index contributed by atoms with van der Waals surface area (Å²) in [6, 6.07) is 13.7. The van der Waals surface area contributed by atoms with Crippen LogP contribution in [0.15, 0.2) is 53.7 Å². The highest BCUT2D eigenvalue weighted by Gasteiger charge is 2.35. The van der Waals surface area contributed by atoms with Crippen molar-refractivity contribution in [2.24, 2.45) is 0 Å². The first-order valence-corrected chi connectivity index (χ1v) is 10.8. The van der Waals surface area contributed by atoms with Gasteiger partial charge in [-0.15, -0.1) is 10.2 Å². The Kier molecular flexibility index (Phi) is 5.85. The highest BCUT2D eigenvalue weighted by Crippen LogP contribution is 2.43. The maximum atomic E-state index is 13.1. The van der Waals surface area contributed by atoms with E-state index < -0.39 is 12.2 Å². The second-order valence-corrected chi connectivity index (χ2v) is 7.94. The monoisotopic (exact) mass is 436 g/mol. The number of amides is 1. The molecule has 0 radical (unpaired) electrons. The molecule has 2 heterocycles. The number of anilines is 1. The van der Waals surface area contributed by atoms with Crippen LogP contribution in [0.25, 0.3) is 11.3 Å². The van der Waals surface area contributed by atoms with E-state index in [2.05, 4.69) is 15.2 Å². The Hall–Kier alpha value is -3.46. The van der Waals surface area contributed by atoms with E-state index in [1.807, 2.05) is 31.2 Å². The van der Waals surface area contributed by atoms with E-state index >= 15 is 0 Å². The zero-order valence-corrected chi connectivity index (χ0v) is 17.8. The van der Waals surface area contributed by atoms with Crippen molar-refractivity contribution in [2.45, 2.75) is 31.7 Å². The molecule has 1 amide bonds. The highest BCUT2D eigenvalue weighted by atomic mass is 32.2. The minimum atomic E-state index is -1.02. The summed E-state index contributed by atoms with van der Waals surface area (Å²) in [7, 11) is 0. The average Bonchev–Trinajstić information content (AvgIpc) is 2.93. The topological polar surface area (TPSA) is 106 Å². The Labute approximate surface area is 183 Å². The summed E-state index contributed by atoms with van der Waals surface area (Å²) < 4.78 is 6.28. The van der Waals surface area contributed by atoms with Gasteiger partial charge in [-0.1, -0.05) is 55.9 Å². The third-order valence-corrected chi connectivity index (χ3v) is 5.52. The van der Waals surface area contributed by atoms with Crippen molar-refractivity contribution in [3.8, 4) is 17.1 Å². The van der Waals surface area contributed by atoms with E-state index in [-0.39, 0.29) is 23.8 Å². The van der Waals surface area contributed by atoms with E-state index in [1.165, 1.54) is 23.9 Å². The minimum absolute atomic E-state index is 0.149. The number of para-hydroxylation sites is 1. The molecule has 0 spiro atoms. The van der Waals surface area contributed by atoms with Crippen LogP contribution in [0.3, 0.4) is 0 Å². The first kappa shape index (κ1) is 20.8. The van der Waals surface area contributed by atoms with Crippen LogP contribution in [0, 0.1) is 0 Å². The van der Waals surface area contributed by atoms with Crippen LogP contribution >= 0.6 is 11.8 Å². The molecule has 2 aromatic carbocycles. The fourth-order valence-electron chi connectivity index (χ4n) is 3.35. The zero-order valence-electron chi connectivity index (χ0n) is 17.0. The number of nitrogens with zero attached hydrogens (tertiary/aromatic N) is 4. The van der Waals surface area contributed by atoms with Crippen LogP contribution in [0.1, 0.15) is 42.4 Å². The number of carbonyl (C=O) groups excluding carboxylic acids is 1. The molecule has 1 N–H and O–H groups in total. The number of ether oxygens (including phenoxy) is 1. The number of aromatic nitrogens is 3. The standard InChI is InChI=1S/C22H20N4O4S/c1-3-17(27)26-16-8-6-5-7-15(16)18-19(23-22(25-24-18)31-4-2)30-20(26)13-9-11-14(12-10-13)21(28)29/h5-12,20H,3-4H2,1-2H3,(H,28,29)/t20-/m0/s1. The number of carboxylic acid groups (broad SMARTS) is 1. The summed E-state index contributed by atoms with van der Waals surface area (Å²) >= 11 is 1.44. The molecule has 4 rings (SSSR count). The largest absolute Gasteiger partial charge is 0.478 e. The van der Waals surface area contributed by atoms with Crippen molar-refractivity contribution < 1.29 is 19.4 Å². The molecule has 0 fully saturated rings. The maximum absolute atomic E-state index is 13.1. The fourth-order valence-corrected chi connectivity index (χ4v) is 3.86. The van der Waals surface area contributed by atoms with Gasteiger partial charge in [-0.3, -0.25) is 9.69 Å². The fraction of sp³-hybridized carbons (Fsp3) is 0.227. The van der Waals surface area contributed by atoms with E-state index in [1.54, 1.807) is 24.0 Å². The van der Waals surface area contributed by atoms with Crippen molar-refractivity contribution in [1.82, 2.24) is 15.2 Å². The molecule has 9 heteroatoms. The van der Waals surface area contributed by atoms with Gasteiger partial charge in [0.25, 0.3) is 0 Å². The van der Waals surface area contributed by atoms with Gasteiger partial charge in [-0.25, -0.2) is 4.79 Å². The van der Waals surface area contributed by atoms with Crippen LogP contribution in [0.5, 0.6) is 5.88 Å². The van der Waals surface area contributed by atoms with Crippen molar-refractivity contribution >= 4 is 29.3 Å². The predicted molar refractivity (Wildman–Crippen MR) is 116 cm³/mol. The molecule has 8 nitrogen and oxygen atoms in total. The summed E-state index contributed by atoms with van der Waals surface area (Å²) in [6.45, 7) is 3.77. The minimum Gasteiger partial charge on any atom is -0.478 e. The molecule has 1 atom stereocenters. The van der Waals surface area contributed by atoms with Crippen LogP contribution in [-0.4, -0.2) is 37.9 Å². The molecule has 0 saturated carbocycles. The van der Waals surface area contributed by atoms with Crippen LogP contribution in [0.2, 0.25) is 0 Å². The van der Waals surface area contributed by atoms with E-state index in [4.69, 9.17) is 4.74 Å². The van der Waals surface area contributed by atoms with Crippen LogP contribution < -0.4 is 9.64 Å². The number of aromatic carboxylic acids is 1. The predicted octanol–water partition coefficient (Wildman–Crippen LogP) is 4.18. The van der Waals surface area contributed by atoms with Gasteiger partial charge in [-0.05, 0) is 24.0 Å². The highest BCUT2D eigenvalue weighted by molar-refractivity contribution is 7.99. The van der Waals surface area contributed by atoms with Gasteiger partial charge in [0.15, 0.2) is 5.69 Å². The third kappa shape index (κ3) is 3.96. The van der Waals surface area contributed by atoms with Crippen LogP contribution in [0.4, 0.5) is 5.69 Å². The smallest absolute Gasteiger partial charge is 0.335 e. The second kappa shape index (κ2) is 8.73. The van der Waals surface area contributed by atoms with Crippen molar-refractivity contribution in [3.05, 3.63) is 59.7 Å².